The van der Waals surface area contributed by atoms with Crippen LogP contribution < -0.4 is 11.6 Å². The quantitative estimate of drug-likeness (QED) is 0.652. The molecule has 0 fully saturated rings. The number of halogens is 1. The third-order valence-corrected chi connectivity index (χ3v) is 1.72. The number of furan rings is 1. The minimum Gasteiger partial charge on any atom is -0.441 e. The Morgan fingerprint density at radius 1 is 1.38 bits per heavy atom. The molecule has 2 aromatic rings. The average molecular weight is 200 g/mol. The number of nitrogens with zero attached hydrogens (tertiary/aromatic N) is 3. The topological polar surface area (TPSA) is 95.9 Å². The lowest BCUT2D eigenvalue weighted by atomic mass is 10.4. The van der Waals surface area contributed by atoms with Crippen LogP contribution in [0.2, 0.25) is 5.22 Å². The lowest BCUT2D eigenvalue weighted by Gasteiger charge is -1.95. The maximum Gasteiger partial charge on any atom is 0.241 e. The maximum absolute atomic E-state index is 5.57. The molecule has 0 amide bonds. The van der Waals surface area contributed by atoms with Gasteiger partial charge in [-0.05, 0) is 23.7 Å². The molecule has 6 nitrogen and oxygen atoms in total. The van der Waals surface area contributed by atoms with Crippen LogP contribution in [-0.4, -0.2) is 14.9 Å². The molecule has 0 saturated carbocycles. The molecule has 0 atom stereocenters. The van der Waals surface area contributed by atoms with Gasteiger partial charge in [0.2, 0.25) is 11.8 Å². The predicted molar refractivity (Wildman–Crippen MR) is 47.3 cm³/mol. The van der Waals surface area contributed by atoms with Crippen molar-refractivity contribution in [3.63, 3.8) is 0 Å². The molecular formula is C6H6ClN5O. The molecule has 4 N–H and O–H groups in total. The standard InChI is InChI=1S/C6H6ClN5O/c7-4-2-1-3(13-4)5-10-11-6(8)12(5)9/h1-2H,9H2,(H2,8,11). The minimum atomic E-state index is 0.113. The third kappa shape index (κ3) is 1.20. The van der Waals surface area contributed by atoms with Crippen LogP contribution in [0.25, 0.3) is 11.6 Å². The Morgan fingerprint density at radius 3 is 2.62 bits per heavy atom. The lowest BCUT2D eigenvalue weighted by Crippen LogP contribution is -2.13. The predicted octanol–water partition coefficient (Wildman–Crippen LogP) is 0.488. The zero-order valence-electron chi connectivity index (χ0n) is 6.44. The number of nitrogens with two attached hydrogens (primary N) is 2. The zero-order chi connectivity index (χ0) is 9.42. The van der Waals surface area contributed by atoms with Crippen molar-refractivity contribution in [3.05, 3.63) is 17.4 Å². The number of rotatable bonds is 1. The summed E-state index contributed by atoms with van der Waals surface area (Å²) in [7, 11) is 0. The molecule has 0 aliphatic carbocycles. The van der Waals surface area contributed by atoms with Crippen LogP contribution in [0.3, 0.4) is 0 Å². The molecule has 0 unspecified atom stereocenters. The molecule has 0 aromatic carbocycles. The van der Waals surface area contributed by atoms with Gasteiger partial charge in [-0.25, -0.2) is 4.68 Å². The molecule has 13 heavy (non-hydrogen) atoms. The summed E-state index contributed by atoms with van der Waals surface area (Å²) in [6.45, 7) is 0. The fraction of sp³-hybridized carbons (Fsp3) is 0. The van der Waals surface area contributed by atoms with Crippen LogP contribution >= 0.6 is 11.6 Å². The summed E-state index contributed by atoms with van der Waals surface area (Å²) < 4.78 is 6.19. The van der Waals surface area contributed by atoms with Gasteiger partial charge in [0.1, 0.15) is 0 Å². The number of anilines is 1. The van der Waals surface area contributed by atoms with Crippen molar-refractivity contribution in [2.24, 2.45) is 0 Å². The van der Waals surface area contributed by atoms with Crippen molar-refractivity contribution in [3.8, 4) is 11.6 Å². The van der Waals surface area contributed by atoms with Gasteiger partial charge in [0.15, 0.2) is 11.0 Å². The van der Waals surface area contributed by atoms with Gasteiger partial charge in [-0.15, -0.1) is 10.2 Å². The van der Waals surface area contributed by atoms with E-state index in [1.807, 2.05) is 0 Å². The molecule has 0 saturated heterocycles. The summed E-state index contributed by atoms with van der Waals surface area (Å²) in [5, 5.41) is 7.53. The van der Waals surface area contributed by atoms with E-state index in [1.54, 1.807) is 12.1 Å². The highest BCUT2D eigenvalue weighted by atomic mass is 35.5. The van der Waals surface area contributed by atoms with Crippen LogP contribution in [0.15, 0.2) is 16.5 Å². The number of hydrogen-bond donors (Lipinski definition) is 2. The van der Waals surface area contributed by atoms with Crippen molar-refractivity contribution in [2.75, 3.05) is 11.6 Å². The van der Waals surface area contributed by atoms with E-state index in [1.165, 1.54) is 0 Å². The Kier molecular flexibility index (Phi) is 1.63. The molecule has 0 aliphatic heterocycles. The average Bonchev–Trinajstić information content (AvgIpc) is 2.62. The summed E-state index contributed by atoms with van der Waals surface area (Å²) in [4.78, 5) is 0. The molecule has 68 valence electrons. The third-order valence-electron chi connectivity index (χ3n) is 1.52. The second-order valence-corrected chi connectivity index (χ2v) is 2.73. The first-order chi connectivity index (χ1) is 6.18. The van der Waals surface area contributed by atoms with Gasteiger partial charge in [-0.1, -0.05) is 0 Å². The van der Waals surface area contributed by atoms with Crippen LogP contribution in [0.4, 0.5) is 5.95 Å². The molecule has 7 heteroatoms. The van der Waals surface area contributed by atoms with E-state index in [9.17, 15) is 0 Å². The largest absolute Gasteiger partial charge is 0.441 e. The first-order valence-corrected chi connectivity index (χ1v) is 3.78. The van der Waals surface area contributed by atoms with Crippen LogP contribution in [0, 0.1) is 0 Å². The SMILES string of the molecule is Nc1nnc(-c2ccc(Cl)o2)n1N. The fourth-order valence-corrected chi connectivity index (χ4v) is 1.05. The van der Waals surface area contributed by atoms with Crippen molar-refractivity contribution >= 4 is 17.5 Å². The first-order valence-electron chi connectivity index (χ1n) is 3.40. The van der Waals surface area contributed by atoms with Crippen LogP contribution in [0.1, 0.15) is 0 Å². The molecule has 0 aliphatic rings. The zero-order valence-corrected chi connectivity index (χ0v) is 7.19. The Hall–Kier alpha value is -1.69. The van der Waals surface area contributed by atoms with Crippen molar-refractivity contribution in [1.29, 1.82) is 0 Å². The van der Waals surface area contributed by atoms with Gasteiger partial charge in [0.05, 0.1) is 0 Å². The van der Waals surface area contributed by atoms with Crippen LogP contribution in [0.5, 0.6) is 0 Å². The second kappa shape index (κ2) is 2.67. The molecule has 2 aromatic heterocycles. The highest BCUT2D eigenvalue weighted by Crippen LogP contribution is 2.22. The van der Waals surface area contributed by atoms with Crippen molar-refractivity contribution in [2.45, 2.75) is 0 Å². The summed E-state index contributed by atoms with van der Waals surface area (Å²) in [6, 6.07) is 3.22. The molecular weight excluding hydrogens is 194 g/mol. The normalized spacial score (nSPS) is 10.5. The number of aromatic nitrogens is 3. The Labute approximate surface area is 78.1 Å². The van der Waals surface area contributed by atoms with Gasteiger partial charge in [0.25, 0.3) is 0 Å². The Morgan fingerprint density at radius 2 is 2.15 bits per heavy atom. The van der Waals surface area contributed by atoms with E-state index in [0.717, 1.165) is 4.68 Å². The molecule has 2 heterocycles. The van der Waals surface area contributed by atoms with Crippen molar-refractivity contribution in [1.82, 2.24) is 14.9 Å². The number of hydrogen-bond acceptors (Lipinski definition) is 5. The molecule has 0 bridgehead atoms. The summed E-state index contributed by atoms with van der Waals surface area (Å²) >= 11 is 5.57. The van der Waals surface area contributed by atoms with E-state index in [0.29, 0.717) is 11.6 Å². The van der Waals surface area contributed by atoms with Crippen molar-refractivity contribution < 1.29 is 4.42 Å². The van der Waals surface area contributed by atoms with Gasteiger partial charge in [0, 0.05) is 0 Å². The lowest BCUT2D eigenvalue weighted by molar-refractivity contribution is 0.577. The van der Waals surface area contributed by atoms with Gasteiger partial charge in [-0.3, -0.25) is 0 Å². The molecule has 0 spiro atoms. The van der Waals surface area contributed by atoms with E-state index in [2.05, 4.69) is 10.2 Å². The first kappa shape index (κ1) is 7.93. The highest BCUT2D eigenvalue weighted by Gasteiger charge is 2.12. The van der Waals surface area contributed by atoms with Gasteiger partial charge < -0.3 is 16.0 Å². The Balaban J connectivity index is 2.52. The monoisotopic (exact) mass is 199 g/mol. The number of nitrogen functional groups attached to an aromatic ring is 2. The summed E-state index contributed by atoms with van der Waals surface area (Å²) in [5.41, 5.74) is 5.37. The Bertz CT molecular complexity index is 434. The van der Waals surface area contributed by atoms with E-state index < -0.39 is 0 Å². The van der Waals surface area contributed by atoms with E-state index in [-0.39, 0.29) is 11.2 Å². The van der Waals surface area contributed by atoms with Gasteiger partial charge >= 0.3 is 0 Å². The van der Waals surface area contributed by atoms with E-state index >= 15 is 0 Å². The molecule has 0 radical (unpaired) electrons. The summed E-state index contributed by atoms with van der Waals surface area (Å²) in [6.07, 6.45) is 0. The highest BCUT2D eigenvalue weighted by molar-refractivity contribution is 6.28. The van der Waals surface area contributed by atoms with Gasteiger partial charge in [-0.2, -0.15) is 0 Å². The van der Waals surface area contributed by atoms with Crippen LogP contribution in [-0.2, 0) is 0 Å². The second-order valence-electron chi connectivity index (χ2n) is 2.36. The minimum absolute atomic E-state index is 0.113. The summed E-state index contributed by atoms with van der Waals surface area (Å²) in [5.74, 6) is 6.39. The van der Waals surface area contributed by atoms with E-state index in [4.69, 9.17) is 27.6 Å². The maximum atomic E-state index is 5.57. The fourth-order valence-electron chi connectivity index (χ4n) is 0.906. The molecule has 2 rings (SSSR count). The smallest absolute Gasteiger partial charge is 0.241 e.